The van der Waals surface area contributed by atoms with Gasteiger partial charge in [-0.3, -0.25) is 0 Å². The first kappa shape index (κ1) is 14.4. The summed E-state index contributed by atoms with van der Waals surface area (Å²) in [7, 11) is 0. The average molecular weight is 261 g/mol. The van der Waals surface area contributed by atoms with E-state index in [0.29, 0.717) is 6.04 Å². The highest BCUT2D eigenvalue weighted by Gasteiger charge is 2.23. The van der Waals surface area contributed by atoms with Crippen LogP contribution in [0, 0.1) is 11.8 Å². The first-order chi connectivity index (χ1) is 9.22. The molecule has 0 heterocycles. The molecule has 19 heavy (non-hydrogen) atoms. The summed E-state index contributed by atoms with van der Waals surface area (Å²) in [5.41, 5.74) is 1.27. The number of rotatable bonds is 6. The minimum Gasteiger partial charge on any atom is -0.494 e. The molecule has 0 radical (unpaired) electrons. The summed E-state index contributed by atoms with van der Waals surface area (Å²) >= 11 is 0. The van der Waals surface area contributed by atoms with Crippen LogP contribution in [0.5, 0.6) is 5.75 Å². The van der Waals surface area contributed by atoms with Crippen LogP contribution in [0.3, 0.4) is 0 Å². The minimum atomic E-state index is 0.357. The average Bonchev–Trinajstić information content (AvgIpc) is 2.82. The fourth-order valence-corrected chi connectivity index (χ4v) is 3.09. The third kappa shape index (κ3) is 3.73. The monoisotopic (exact) mass is 261 g/mol. The highest BCUT2D eigenvalue weighted by Crippen LogP contribution is 2.31. The Balaban J connectivity index is 1.93. The van der Waals surface area contributed by atoms with Gasteiger partial charge in [-0.1, -0.05) is 38.0 Å². The molecule has 0 aromatic heterocycles. The lowest BCUT2D eigenvalue weighted by molar-refractivity contribution is 0.328. The van der Waals surface area contributed by atoms with E-state index in [1.807, 2.05) is 13.0 Å². The van der Waals surface area contributed by atoms with Gasteiger partial charge in [0.05, 0.1) is 6.61 Å². The van der Waals surface area contributed by atoms with E-state index in [1.165, 1.54) is 24.8 Å². The second-order valence-corrected chi connectivity index (χ2v) is 5.77. The molecule has 1 N–H and O–H groups in total. The normalized spacial score (nSPS) is 24.4. The molecule has 1 aromatic carbocycles. The Labute approximate surface area is 117 Å². The van der Waals surface area contributed by atoms with Crippen LogP contribution in [0.4, 0.5) is 0 Å². The maximum Gasteiger partial charge on any atom is 0.124 e. The molecule has 1 aromatic rings. The molecule has 2 rings (SSSR count). The maximum absolute atomic E-state index is 5.71. The van der Waals surface area contributed by atoms with Crippen molar-refractivity contribution in [2.24, 2.45) is 11.8 Å². The van der Waals surface area contributed by atoms with Gasteiger partial charge in [-0.05, 0) is 44.7 Å². The number of benzene rings is 1. The molecule has 2 nitrogen and oxygen atoms in total. The van der Waals surface area contributed by atoms with E-state index >= 15 is 0 Å². The van der Waals surface area contributed by atoms with E-state index in [2.05, 4.69) is 37.4 Å². The third-order valence-electron chi connectivity index (χ3n) is 4.41. The summed E-state index contributed by atoms with van der Waals surface area (Å²) in [5.74, 6) is 2.74. The van der Waals surface area contributed by atoms with Crippen LogP contribution in [0.1, 0.15) is 51.6 Å². The van der Waals surface area contributed by atoms with Crippen LogP contribution in [0.2, 0.25) is 0 Å². The topological polar surface area (TPSA) is 21.3 Å². The second kappa shape index (κ2) is 6.95. The molecule has 0 bridgehead atoms. The zero-order valence-corrected chi connectivity index (χ0v) is 12.5. The van der Waals surface area contributed by atoms with Gasteiger partial charge in [0.25, 0.3) is 0 Å². The fourth-order valence-electron chi connectivity index (χ4n) is 3.09. The van der Waals surface area contributed by atoms with Crippen molar-refractivity contribution in [2.75, 3.05) is 13.2 Å². The Morgan fingerprint density at radius 2 is 2.11 bits per heavy atom. The number of ether oxygens (including phenoxy) is 1. The van der Waals surface area contributed by atoms with Crippen molar-refractivity contribution in [3.63, 3.8) is 0 Å². The maximum atomic E-state index is 5.71. The van der Waals surface area contributed by atoms with E-state index < -0.39 is 0 Å². The van der Waals surface area contributed by atoms with E-state index in [-0.39, 0.29) is 0 Å². The third-order valence-corrected chi connectivity index (χ3v) is 4.41. The quantitative estimate of drug-likeness (QED) is 0.829. The molecule has 106 valence electrons. The molecule has 3 atom stereocenters. The van der Waals surface area contributed by atoms with Crippen molar-refractivity contribution in [1.29, 1.82) is 0 Å². The van der Waals surface area contributed by atoms with Gasteiger partial charge in [-0.25, -0.2) is 0 Å². The summed E-state index contributed by atoms with van der Waals surface area (Å²) in [6, 6.07) is 8.72. The van der Waals surface area contributed by atoms with Crippen molar-refractivity contribution < 1.29 is 4.74 Å². The van der Waals surface area contributed by atoms with Gasteiger partial charge < -0.3 is 10.1 Å². The van der Waals surface area contributed by atoms with Gasteiger partial charge in [0.15, 0.2) is 0 Å². The molecule has 1 fully saturated rings. The number of nitrogens with one attached hydrogen (secondary N) is 1. The number of hydrogen-bond donors (Lipinski definition) is 1. The van der Waals surface area contributed by atoms with Crippen LogP contribution < -0.4 is 10.1 Å². The molecular formula is C17H27NO. The largest absolute Gasteiger partial charge is 0.494 e. The Morgan fingerprint density at radius 3 is 2.79 bits per heavy atom. The van der Waals surface area contributed by atoms with Crippen molar-refractivity contribution >= 4 is 0 Å². The van der Waals surface area contributed by atoms with Gasteiger partial charge in [0.1, 0.15) is 5.75 Å². The summed E-state index contributed by atoms with van der Waals surface area (Å²) in [4.78, 5) is 0. The van der Waals surface area contributed by atoms with Gasteiger partial charge in [0.2, 0.25) is 0 Å². The Morgan fingerprint density at radius 1 is 1.32 bits per heavy atom. The lowest BCUT2D eigenvalue weighted by Crippen LogP contribution is -2.27. The smallest absolute Gasteiger partial charge is 0.124 e. The lowest BCUT2D eigenvalue weighted by atomic mass is 9.97. The lowest BCUT2D eigenvalue weighted by Gasteiger charge is -2.22. The minimum absolute atomic E-state index is 0.357. The Bertz CT molecular complexity index is 391. The predicted molar refractivity (Wildman–Crippen MR) is 80.5 cm³/mol. The Kier molecular flexibility index (Phi) is 5.26. The van der Waals surface area contributed by atoms with Gasteiger partial charge in [0, 0.05) is 11.6 Å². The number of hydrogen-bond acceptors (Lipinski definition) is 2. The van der Waals surface area contributed by atoms with E-state index in [1.54, 1.807) is 0 Å². The molecule has 0 aliphatic heterocycles. The van der Waals surface area contributed by atoms with Gasteiger partial charge >= 0.3 is 0 Å². The highest BCUT2D eigenvalue weighted by atomic mass is 16.5. The van der Waals surface area contributed by atoms with Crippen LogP contribution >= 0.6 is 0 Å². The summed E-state index contributed by atoms with van der Waals surface area (Å²) in [5, 5.41) is 3.69. The first-order valence-electron chi connectivity index (χ1n) is 7.67. The van der Waals surface area contributed by atoms with Crippen LogP contribution in [-0.2, 0) is 0 Å². The fraction of sp³-hybridized carbons (Fsp3) is 0.647. The van der Waals surface area contributed by atoms with Crippen molar-refractivity contribution in [3.05, 3.63) is 29.8 Å². The molecule has 0 saturated heterocycles. The van der Waals surface area contributed by atoms with Crippen molar-refractivity contribution in [1.82, 2.24) is 5.32 Å². The first-order valence-corrected chi connectivity index (χ1v) is 7.67. The van der Waals surface area contributed by atoms with Gasteiger partial charge in [-0.2, -0.15) is 0 Å². The molecule has 0 spiro atoms. The van der Waals surface area contributed by atoms with E-state index in [0.717, 1.165) is 30.7 Å². The summed E-state index contributed by atoms with van der Waals surface area (Å²) in [6.07, 6.45) is 4.18. The molecule has 1 aliphatic rings. The Hall–Kier alpha value is -1.02. The van der Waals surface area contributed by atoms with Crippen LogP contribution in [0.25, 0.3) is 0 Å². The predicted octanol–water partition coefficient (Wildman–Crippen LogP) is 4.17. The SMILES string of the molecule is CCOc1ccccc1C(C)NCC1CCCC1C. The molecule has 1 saturated carbocycles. The van der Waals surface area contributed by atoms with E-state index in [9.17, 15) is 0 Å². The standard InChI is InChI=1S/C17H27NO/c1-4-19-17-11-6-5-10-16(17)14(3)18-12-15-9-7-8-13(15)2/h5-6,10-11,13-15,18H,4,7-9,12H2,1-3H3. The number of para-hydroxylation sites is 1. The van der Waals surface area contributed by atoms with Crippen molar-refractivity contribution in [2.45, 2.75) is 46.1 Å². The van der Waals surface area contributed by atoms with Crippen molar-refractivity contribution in [3.8, 4) is 5.75 Å². The molecule has 1 aliphatic carbocycles. The van der Waals surface area contributed by atoms with E-state index in [4.69, 9.17) is 4.74 Å². The zero-order chi connectivity index (χ0) is 13.7. The summed E-state index contributed by atoms with van der Waals surface area (Å²) < 4.78 is 5.71. The molecule has 2 heteroatoms. The summed E-state index contributed by atoms with van der Waals surface area (Å²) in [6.45, 7) is 8.51. The second-order valence-electron chi connectivity index (χ2n) is 5.77. The molecule has 0 amide bonds. The van der Waals surface area contributed by atoms with Crippen LogP contribution in [0.15, 0.2) is 24.3 Å². The molecule has 3 unspecified atom stereocenters. The zero-order valence-electron chi connectivity index (χ0n) is 12.5. The van der Waals surface area contributed by atoms with Gasteiger partial charge in [-0.15, -0.1) is 0 Å². The molecular weight excluding hydrogens is 234 g/mol. The highest BCUT2D eigenvalue weighted by molar-refractivity contribution is 5.35. The van der Waals surface area contributed by atoms with Crippen LogP contribution in [-0.4, -0.2) is 13.2 Å².